The van der Waals surface area contributed by atoms with E-state index >= 15 is 0 Å². The maximum absolute atomic E-state index is 13.8. The van der Waals surface area contributed by atoms with Gasteiger partial charge in [-0.25, -0.2) is 0 Å². The molecule has 1 saturated carbocycles. The number of para-hydroxylation sites is 2. The van der Waals surface area contributed by atoms with Gasteiger partial charge in [-0.3, -0.25) is 9.59 Å². The second-order valence-electron chi connectivity index (χ2n) is 13.5. The van der Waals surface area contributed by atoms with E-state index in [-0.39, 0.29) is 25.0 Å². The Hall–Kier alpha value is -3.92. The summed E-state index contributed by atoms with van der Waals surface area (Å²) in [6, 6.07) is 22.5. The first-order valence-electron chi connectivity index (χ1n) is 17.4. The molecule has 3 aromatic carbocycles. The van der Waals surface area contributed by atoms with Crippen molar-refractivity contribution in [3.05, 3.63) is 95.6 Å². The summed E-state index contributed by atoms with van der Waals surface area (Å²) in [5.41, 5.74) is 2.13. The molecule has 5 rings (SSSR count). The highest BCUT2D eigenvalue weighted by Crippen LogP contribution is 2.34. The van der Waals surface area contributed by atoms with Gasteiger partial charge in [0.05, 0.1) is 35.8 Å². The van der Waals surface area contributed by atoms with Crippen LogP contribution in [0.15, 0.2) is 78.9 Å². The topological polar surface area (TPSA) is 137 Å². The Morgan fingerprint density at radius 2 is 1.50 bits per heavy atom. The molecule has 48 heavy (non-hydrogen) atoms. The lowest BCUT2D eigenvalue weighted by Gasteiger charge is -2.36. The van der Waals surface area contributed by atoms with Crippen LogP contribution in [0.4, 0.5) is 0 Å². The molecule has 1 fully saturated rings. The van der Waals surface area contributed by atoms with Crippen LogP contribution in [0.2, 0.25) is 0 Å². The van der Waals surface area contributed by atoms with E-state index in [1.165, 1.54) is 0 Å². The molecule has 2 amide bonds. The van der Waals surface area contributed by atoms with Crippen molar-refractivity contribution in [3.8, 4) is 11.5 Å². The SMILES string of the molecule is CC(C)[C@@H](C(=O)N[C@H]1c2ccccc2CC1O)[C@@H](O)[C@H](O)[C@H](CC1CCCCC1)NC(=O)c1ccccc1OCCOc1ccccc1. The van der Waals surface area contributed by atoms with Crippen LogP contribution in [0.25, 0.3) is 0 Å². The van der Waals surface area contributed by atoms with E-state index in [1.807, 2.05) is 68.4 Å². The summed E-state index contributed by atoms with van der Waals surface area (Å²) in [4.78, 5) is 27.5. The molecule has 5 N–H and O–H groups in total. The summed E-state index contributed by atoms with van der Waals surface area (Å²) in [5.74, 6) is -0.818. The number of aliphatic hydroxyl groups is 3. The minimum absolute atomic E-state index is 0.220. The van der Waals surface area contributed by atoms with Crippen molar-refractivity contribution in [2.24, 2.45) is 17.8 Å². The molecule has 3 aromatic rings. The Balaban J connectivity index is 1.29. The first-order chi connectivity index (χ1) is 23.2. The van der Waals surface area contributed by atoms with Gasteiger partial charge in [-0.1, -0.05) is 101 Å². The highest BCUT2D eigenvalue weighted by Gasteiger charge is 2.41. The molecule has 0 spiro atoms. The van der Waals surface area contributed by atoms with Crippen LogP contribution in [0, 0.1) is 17.8 Å². The number of carbonyl (C=O) groups excluding carboxylic acids is 2. The Bertz CT molecular complexity index is 1480. The average molecular weight is 659 g/mol. The van der Waals surface area contributed by atoms with E-state index in [0.29, 0.717) is 24.2 Å². The van der Waals surface area contributed by atoms with Crippen molar-refractivity contribution in [1.29, 1.82) is 0 Å². The lowest BCUT2D eigenvalue weighted by atomic mass is 9.79. The quantitative estimate of drug-likeness (QED) is 0.145. The molecular weight excluding hydrogens is 608 g/mol. The number of carbonyl (C=O) groups is 2. The molecule has 0 aromatic heterocycles. The van der Waals surface area contributed by atoms with Gasteiger partial charge in [-0.15, -0.1) is 0 Å². The Labute approximate surface area is 283 Å². The molecule has 1 unspecified atom stereocenters. The van der Waals surface area contributed by atoms with Crippen molar-refractivity contribution in [2.75, 3.05) is 13.2 Å². The van der Waals surface area contributed by atoms with E-state index in [4.69, 9.17) is 9.47 Å². The third-order valence-electron chi connectivity index (χ3n) is 9.77. The van der Waals surface area contributed by atoms with Crippen LogP contribution < -0.4 is 20.1 Å². The zero-order valence-corrected chi connectivity index (χ0v) is 28.0. The van der Waals surface area contributed by atoms with Crippen molar-refractivity contribution >= 4 is 11.8 Å². The highest BCUT2D eigenvalue weighted by molar-refractivity contribution is 5.97. The van der Waals surface area contributed by atoms with Crippen LogP contribution in [0.1, 0.15) is 79.9 Å². The number of nitrogens with one attached hydrogen (secondary N) is 2. The summed E-state index contributed by atoms with van der Waals surface area (Å²) in [6.07, 6.45) is 2.50. The maximum atomic E-state index is 13.8. The molecule has 0 aliphatic heterocycles. The van der Waals surface area contributed by atoms with Crippen LogP contribution in [-0.4, -0.2) is 64.7 Å². The van der Waals surface area contributed by atoms with Gasteiger partial charge in [0.2, 0.25) is 5.91 Å². The summed E-state index contributed by atoms with van der Waals surface area (Å²) in [7, 11) is 0. The van der Waals surface area contributed by atoms with Gasteiger partial charge in [0, 0.05) is 6.42 Å². The van der Waals surface area contributed by atoms with Gasteiger partial charge in [-0.05, 0) is 53.6 Å². The van der Waals surface area contributed by atoms with E-state index < -0.39 is 48.1 Å². The Morgan fingerprint density at radius 1 is 0.833 bits per heavy atom. The number of hydrogen-bond donors (Lipinski definition) is 5. The number of ether oxygens (including phenoxy) is 2. The lowest BCUT2D eigenvalue weighted by Crippen LogP contribution is -2.55. The van der Waals surface area contributed by atoms with Gasteiger partial charge in [-0.2, -0.15) is 0 Å². The number of benzene rings is 3. The van der Waals surface area contributed by atoms with Crippen LogP contribution >= 0.6 is 0 Å². The highest BCUT2D eigenvalue weighted by atomic mass is 16.5. The van der Waals surface area contributed by atoms with E-state index in [2.05, 4.69) is 10.6 Å². The molecule has 9 nitrogen and oxygen atoms in total. The van der Waals surface area contributed by atoms with Crippen molar-refractivity contribution in [3.63, 3.8) is 0 Å². The molecule has 0 saturated heterocycles. The zero-order valence-electron chi connectivity index (χ0n) is 28.0. The molecule has 0 bridgehead atoms. The fourth-order valence-electron chi connectivity index (χ4n) is 7.22. The molecule has 9 heteroatoms. The summed E-state index contributed by atoms with van der Waals surface area (Å²) < 4.78 is 11.7. The van der Waals surface area contributed by atoms with Crippen molar-refractivity contribution in [2.45, 2.75) is 89.2 Å². The largest absolute Gasteiger partial charge is 0.490 e. The van der Waals surface area contributed by atoms with Gasteiger partial charge in [0.1, 0.15) is 30.8 Å². The fraction of sp³-hybridized carbons (Fsp3) is 0.487. The third kappa shape index (κ3) is 8.95. The Morgan fingerprint density at radius 3 is 2.25 bits per heavy atom. The number of hydrogen-bond acceptors (Lipinski definition) is 7. The lowest BCUT2D eigenvalue weighted by molar-refractivity contribution is -0.137. The van der Waals surface area contributed by atoms with Crippen LogP contribution in [-0.2, 0) is 11.2 Å². The summed E-state index contributed by atoms with van der Waals surface area (Å²) in [6.45, 7) is 4.15. The number of fused-ring (bicyclic) bond motifs is 1. The molecule has 2 aliphatic carbocycles. The molecule has 6 atom stereocenters. The predicted molar refractivity (Wildman–Crippen MR) is 184 cm³/mol. The predicted octanol–water partition coefficient (Wildman–Crippen LogP) is 4.98. The second kappa shape index (κ2) is 17.0. The number of aliphatic hydroxyl groups excluding tert-OH is 3. The monoisotopic (exact) mass is 658 g/mol. The zero-order chi connectivity index (χ0) is 34.0. The molecule has 0 heterocycles. The van der Waals surface area contributed by atoms with Crippen molar-refractivity contribution < 1.29 is 34.4 Å². The Kier molecular flexibility index (Phi) is 12.5. The number of rotatable bonds is 15. The minimum atomic E-state index is -1.46. The summed E-state index contributed by atoms with van der Waals surface area (Å²) >= 11 is 0. The van der Waals surface area contributed by atoms with Gasteiger partial charge in [0.25, 0.3) is 5.91 Å². The first kappa shape index (κ1) is 35.4. The fourth-order valence-corrected chi connectivity index (χ4v) is 7.22. The third-order valence-corrected chi connectivity index (χ3v) is 9.77. The minimum Gasteiger partial charge on any atom is -0.490 e. The standard InChI is InChI=1S/C39H50N2O7/c1-25(2)34(39(46)41-35-29-18-10-9-15-27(29)24-32(35)42)37(44)36(43)31(23-26-13-5-3-6-14-26)40-38(45)30-19-11-12-20-33(30)48-22-21-47-28-16-7-4-8-17-28/h4,7-12,15-20,25-26,31-32,34-37,42-44H,3,5-6,13-14,21-24H2,1-2H3,(H,40,45)(H,41,46)/t31-,32?,34+,35-,36+,37+/m0/s1. The van der Waals surface area contributed by atoms with Crippen molar-refractivity contribution in [1.82, 2.24) is 10.6 Å². The molecule has 2 aliphatic rings. The van der Waals surface area contributed by atoms with Crippen LogP contribution in [0.5, 0.6) is 11.5 Å². The van der Waals surface area contributed by atoms with Gasteiger partial charge >= 0.3 is 0 Å². The molecule has 258 valence electrons. The normalized spacial score (nSPS) is 20.3. The van der Waals surface area contributed by atoms with E-state index in [0.717, 1.165) is 49.0 Å². The number of amides is 2. The molecule has 0 radical (unpaired) electrons. The van der Waals surface area contributed by atoms with Gasteiger partial charge < -0.3 is 35.4 Å². The second-order valence-corrected chi connectivity index (χ2v) is 13.5. The van der Waals surface area contributed by atoms with E-state index in [9.17, 15) is 24.9 Å². The average Bonchev–Trinajstić information content (AvgIpc) is 3.41. The van der Waals surface area contributed by atoms with Crippen LogP contribution in [0.3, 0.4) is 0 Å². The van der Waals surface area contributed by atoms with E-state index in [1.54, 1.807) is 24.3 Å². The van der Waals surface area contributed by atoms with Gasteiger partial charge in [0.15, 0.2) is 0 Å². The summed E-state index contributed by atoms with van der Waals surface area (Å²) in [5, 5.41) is 40.1. The smallest absolute Gasteiger partial charge is 0.255 e. The molecular formula is C39H50N2O7. The maximum Gasteiger partial charge on any atom is 0.255 e. The first-order valence-corrected chi connectivity index (χ1v) is 17.4.